The van der Waals surface area contributed by atoms with Crippen molar-refractivity contribution in [3.63, 3.8) is 0 Å². The number of thioether (sulfide) groups is 1. The number of ether oxygens (including phenoxy) is 2. The maximum absolute atomic E-state index is 13.1. The van der Waals surface area contributed by atoms with Gasteiger partial charge >= 0.3 is 12.1 Å². The third-order valence-corrected chi connectivity index (χ3v) is 5.99. The summed E-state index contributed by atoms with van der Waals surface area (Å²) in [6.07, 6.45) is -0.782. The number of methoxy groups -OCH3 is 1. The van der Waals surface area contributed by atoms with E-state index in [2.05, 4.69) is 10.6 Å². The van der Waals surface area contributed by atoms with Crippen LogP contribution in [0.2, 0.25) is 0 Å². The normalized spacial score (nSPS) is 21.1. The Kier molecular flexibility index (Phi) is 6.68. The molecule has 0 aliphatic carbocycles. The number of carboxylic acids is 1. The number of β-lactam (4-membered cyclic amide) rings is 1. The molecule has 3 N–H and O–H groups in total. The van der Waals surface area contributed by atoms with E-state index < -0.39 is 46.9 Å². The van der Waals surface area contributed by atoms with Gasteiger partial charge in [-0.2, -0.15) is 0 Å². The summed E-state index contributed by atoms with van der Waals surface area (Å²) in [5.74, 6) is -2.02. The van der Waals surface area contributed by atoms with E-state index in [0.29, 0.717) is 5.56 Å². The van der Waals surface area contributed by atoms with E-state index in [-0.39, 0.29) is 17.2 Å². The molecule has 1 aromatic rings. The minimum atomic E-state index is -1.28. The maximum atomic E-state index is 13.1. The summed E-state index contributed by atoms with van der Waals surface area (Å²) in [5.41, 5.74) is -0.481. The Morgan fingerprint density at radius 3 is 2.44 bits per heavy atom. The van der Waals surface area contributed by atoms with Crippen LogP contribution < -0.4 is 10.6 Å². The van der Waals surface area contributed by atoms with Crippen LogP contribution in [0.1, 0.15) is 32.4 Å². The monoisotopic (exact) mass is 463 g/mol. The molecule has 32 heavy (non-hydrogen) atoms. The summed E-state index contributed by atoms with van der Waals surface area (Å²) in [5, 5.41) is 14.1. The van der Waals surface area contributed by atoms with Crippen LogP contribution in [0.5, 0.6) is 0 Å². The molecule has 172 valence electrons. The fraction of sp³-hybridized carbons (Fsp3) is 0.429. The van der Waals surface area contributed by atoms with Gasteiger partial charge in [0.15, 0.2) is 5.70 Å². The minimum Gasteiger partial charge on any atom is -0.498 e. The van der Waals surface area contributed by atoms with Crippen LogP contribution in [0.4, 0.5) is 4.79 Å². The number of benzene rings is 1. The Balaban J connectivity index is 1.77. The number of hydrogen-bond donors (Lipinski definition) is 3. The summed E-state index contributed by atoms with van der Waals surface area (Å²) in [4.78, 5) is 50.9. The molecule has 0 saturated carbocycles. The molecule has 3 atom stereocenters. The van der Waals surface area contributed by atoms with E-state index in [1.165, 1.54) is 18.9 Å². The number of amides is 3. The van der Waals surface area contributed by atoms with Crippen LogP contribution in [0, 0.1) is 0 Å². The number of carbonyl (C=O) groups is 4. The van der Waals surface area contributed by atoms with Gasteiger partial charge in [-0.25, -0.2) is 9.59 Å². The predicted octanol–water partition coefficient (Wildman–Crippen LogP) is 1.59. The standard InChI is InChI=1S/C21H25N3O7S/c1-21(2,3)31-20(29)23-13(11-8-6-5-7-9-11)16(25)22-14-17(26)24-15(19(27)28)12(30-4)10-32-18(14)24/h5-9,13-14,18H,10H2,1-4H3,(H,22,25)(H,23,29)(H,27,28)/t13?,14-,18+/m1/s1. The molecule has 1 aromatic carbocycles. The van der Waals surface area contributed by atoms with Crippen LogP contribution in [-0.4, -0.2) is 63.8 Å². The van der Waals surface area contributed by atoms with Gasteiger partial charge in [0, 0.05) is 0 Å². The van der Waals surface area contributed by atoms with Gasteiger partial charge in [0.05, 0.1) is 12.9 Å². The minimum absolute atomic E-state index is 0.186. The molecule has 11 heteroatoms. The zero-order valence-corrected chi connectivity index (χ0v) is 18.9. The van der Waals surface area contributed by atoms with E-state index >= 15 is 0 Å². The lowest BCUT2D eigenvalue weighted by Gasteiger charge is -2.49. The molecule has 0 aromatic heterocycles. The Labute approximate surface area is 189 Å². The van der Waals surface area contributed by atoms with Crippen LogP contribution >= 0.6 is 11.8 Å². The number of aliphatic carboxylic acids is 1. The molecule has 0 radical (unpaired) electrons. The third kappa shape index (κ3) is 4.82. The summed E-state index contributed by atoms with van der Waals surface area (Å²) in [6.45, 7) is 5.11. The number of carbonyl (C=O) groups excluding carboxylic acids is 3. The zero-order valence-electron chi connectivity index (χ0n) is 18.1. The number of nitrogens with one attached hydrogen (secondary N) is 2. The number of fused-ring (bicyclic) bond motifs is 1. The molecular formula is C21H25N3O7S. The molecule has 0 spiro atoms. The van der Waals surface area contributed by atoms with Crippen LogP contribution in [0.25, 0.3) is 0 Å². The second-order valence-corrected chi connectivity index (χ2v) is 9.27. The van der Waals surface area contributed by atoms with Crippen LogP contribution in [0.3, 0.4) is 0 Å². The topological polar surface area (TPSA) is 134 Å². The quantitative estimate of drug-likeness (QED) is 0.542. The van der Waals surface area contributed by atoms with Gasteiger partial charge in [-0.3, -0.25) is 14.5 Å². The molecule has 3 rings (SSSR count). The van der Waals surface area contributed by atoms with Crippen molar-refractivity contribution in [1.82, 2.24) is 15.5 Å². The van der Waals surface area contributed by atoms with E-state index in [1.807, 2.05) is 0 Å². The number of rotatable bonds is 6. The first-order chi connectivity index (χ1) is 15.0. The van der Waals surface area contributed by atoms with Gasteiger partial charge in [-0.05, 0) is 26.3 Å². The van der Waals surface area contributed by atoms with E-state index in [9.17, 15) is 24.3 Å². The average Bonchev–Trinajstić information content (AvgIpc) is 2.73. The molecule has 1 saturated heterocycles. The Morgan fingerprint density at radius 2 is 1.88 bits per heavy atom. The van der Waals surface area contributed by atoms with Gasteiger partial charge in [0.2, 0.25) is 5.91 Å². The SMILES string of the molecule is COC1=C(C(=O)O)N2C(=O)[C@@H](NC(=O)C(NC(=O)OC(C)(C)C)c3ccccc3)[C@@H]2SC1. The highest BCUT2D eigenvalue weighted by Gasteiger charge is 2.55. The number of alkyl carbamates (subject to hydrolysis) is 1. The zero-order chi connectivity index (χ0) is 23.6. The molecule has 2 aliphatic rings. The fourth-order valence-electron chi connectivity index (χ4n) is 3.35. The van der Waals surface area contributed by atoms with Gasteiger partial charge in [0.1, 0.15) is 28.8 Å². The summed E-state index contributed by atoms with van der Waals surface area (Å²) in [7, 11) is 1.34. The summed E-state index contributed by atoms with van der Waals surface area (Å²) < 4.78 is 10.4. The van der Waals surface area contributed by atoms with Crippen molar-refractivity contribution in [2.24, 2.45) is 0 Å². The summed E-state index contributed by atoms with van der Waals surface area (Å²) >= 11 is 1.28. The molecular weight excluding hydrogens is 438 g/mol. The van der Waals surface area contributed by atoms with E-state index in [4.69, 9.17) is 9.47 Å². The van der Waals surface area contributed by atoms with Crippen LogP contribution in [-0.2, 0) is 23.9 Å². The van der Waals surface area contributed by atoms with Crippen molar-refractivity contribution in [3.8, 4) is 0 Å². The Morgan fingerprint density at radius 1 is 1.22 bits per heavy atom. The Bertz CT molecular complexity index is 958. The smallest absolute Gasteiger partial charge is 0.408 e. The molecule has 0 bridgehead atoms. The van der Waals surface area contributed by atoms with Gasteiger partial charge < -0.3 is 25.2 Å². The number of carboxylic acid groups (broad SMARTS) is 1. The lowest BCUT2D eigenvalue weighted by atomic mass is 10.0. The third-order valence-electron chi connectivity index (χ3n) is 4.74. The molecule has 1 fully saturated rings. The first-order valence-electron chi connectivity index (χ1n) is 9.83. The molecule has 1 unspecified atom stereocenters. The second kappa shape index (κ2) is 9.11. The van der Waals surface area contributed by atoms with Crippen molar-refractivity contribution in [3.05, 3.63) is 47.4 Å². The van der Waals surface area contributed by atoms with Crippen LogP contribution in [0.15, 0.2) is 41.8 Å². The van der Waals surface area contributed by atoms with Crippen molar-refractivity contribution in [2.75, 3.05) is 12.9 Å². The first kappa shape index (κ1) is 23.5. The highest BCUT2D eigenvalue weighted by molar-refractivity contribution is 8.00. The molecule has 10 nitrogen and oxygen atoms in total. The van der Waals surface area contributed by atoms with Crippen molar-refractivity contribution in [1.29, 1.82) is 0 Å². The predicted molar refractivity (Wildman–Crippen MR) is 115 cm³/mol. The first-order valence-corrected chi connectivity index (χ1v) is 10.9. The Hall–Kier alpha value is -3.21. The highest BCUT2D eigenvalue weighted by atomic mass is 32.2. The van der Waals surface area contributed by atoms with Gasteiger partial charge in [-0.15, -0.1) is 11.8 Å². The van der Waals surface area contributed by atoms with Crippen molar-refractivity contribution >= 4 is 35.6 Å². The van der Waals surface area contributed by atoms with E-state index in [1.54, 1.807) is 51.1 Å². The molecule has 2 aliphatic heterocycles. The van der Waals surface area contributed by atoms with Crippen molar-refractivity contribution < 1.29 is 33.8 Å². The average molecular weight is 464 g/mol. The van der Waals surface area contributed by atoms with Crippen molar-refractivity contribution in [2.45, 2.75) is 43.8 Å². The number of nitrogens with zero attached hydrogens (tertiary/aromatic N) is 1. The molecule has 3 amide bonds. The molecule has 2 heterocycles. The second-order valence-electron chi connectivity index (χ2n) is 8.17. The van der Waals surface area contributed by atoms with Gasteiger partial charge in [-0.1, -0.05) is 30.3 Å². The number of hydrogen-bond acceptors (Lipinski definition) is 7. The van der Waals surface area contributed by atoms with E-state index in [0.717, 1.165) is 4.90 Å². The lowest BCUT2D eigenvalue weighted by molar-refractivity contribution is -0.151. The largest absolute Gasteiger partial charge is 0.498 e. The summed E-state index contributed by atoms with van der Waals surface area (Å²) in [6, 6.07) is 6.50. The maximum Gasteiger partial charge on any atom is 0.408 e. The van der Waals surface area contributed by atoms with Gasteiger partial charge in [0.25, 0.3) is 5.91 Å². The lowest BCUT2D eigenvalue weighted by Crippen LogP contribution is -2.71. The fourth-order valence-corrected chi connectivity index (χ4v) is 4.67. The highest BCUT2D eigenvalue weighted by Crippen LogP contribution is 2.40.